The summed E-state index contributed by atoms with van der Waals surface area (Å²) in [4.78, 5) is 15.7. The summed E-state index contributed by atoms with van der Waals surface area (Å²) >= 11 is 1.19. The number of anilines is 1. The van der Waals surface area contributed by atoms with Crippen molar-refractivity contribution in [2.24, 2.45) is 0 Å². The van der Waals surface area contributed by atoms with Gasteiger partial charge in [0.15, 0.2) is 17.2 Å². The molecule has 2 aromatic heterocycles. The first-order valence-electron chi connectivity index (χ1n) is 12.2. The number of nitrogens with one attached hydrogen (secondary N) is 2. The van der Waals surface area contributed by atoms with Crippen LogP contribution in [0.5, 0.6) is 22.4 Å². The van der Waals surface area contributed by atoms with E-state index in [-0.39, 0.29) is 33.8 Å². The number of methoxy groups -OCH3 is 1. The van der Waals surface area contributed by atoms with Gasteiger partial charge in [-0.25, -0.2) is 17.8 Å². The Morgan fingerprint density at radius 3 is 2.85 bits per heavy atom. The van der Waals surface area contributed by atoms with Crippen molar-refractivity contribution < 1.29 is 36.3 Å². The molecule has 0 aliphatic carbocycles. The van der Waals surface area contributed by atoms with Crippen LogP contribution in [0.1, 0.15) is 30.2 Å². The highest BCUT2D eigenvalue weighted by molar-refractivity contribution is 7.92. The minimum absolute atomic E-state index is 0.000553. The van der Waals surface area contributed by atoms with Crippen LogP contribution in [0.25, 0.3) is 11.0 Å². The maximum atomic E-state index is 13.4. The predicted molar refractivity (Wildman–Crippen MR) is 145 cm³/mol. The highest BCUT2D eigenvalue weighted by atomic mass is 32.2. The van der Waals surface area contributed by atoms with Gasteiger partial charge >= 0.3 is 0 Å². The van der Waals surface area contributed by atoms with Crippen LogP contribution in [0.15, 0.2) is 51.5 Å². The van der Waals surface area contributed by atoms with E-state index in [0.29, 0.717) is 54.0 Å². The molecule has 5 rings (SSSR count). The van der Waals surface area contributed by atoms with Crippen LogP contribution in [0, 0.1) is 0 Å². The SMILES string of the molecule is C=C(F)C(=O)NCc1csc(Oc2cc3onc(NS(=O)(=O)c4cc(CC)ccc4OC)c3c3c2CCCO3)n1. The highest BCUT2D eigenvalue weighted by Gasteiger charge is 2.29. The lowest BCUT2D eigenvalue weighted by atomic mass is 10.0. The van der Waals surface area contributed by atoms with Gasteiger partial charge in [-0.3, -0.25) is 9.52 Å². The summed E-state index contributed by atoms with van der Waals surface area (Å²) in [7, 11) is -2.70. The molecule has 3 heterocycles. The number of nitrogens with zero attached hydrogens (tertiary/aromatic N) is 2. The molecule has 2 aromatic carbocycles. The van der Waals surface area contributed by atoms with Gasteiger partial charge in [0.2, 0.25) is 0 Å². The lowest BCUT2D eigenvalue weighted by molar-refractivity contribution is -0.119. The van der Waals surface area contributed by atoms with Crippen molar-refractivity contribution >= 4 is 44.1 Å². The molecule has 0 spiro atoms. The van der Waals surface area contributed by atoms with Gasteiger partial charge in [-0.1, -0.05) is 36.1 Å². The number of benzene rings is 2. The fraction of sp³-hybridized carbons (Fsp3) is 0.269. The molecular formula is C26H25FN4O7S2. The third-order valence-electron chi connectivity index (χ3n) is 6.16. The number of halogens is 1. The van der Waals surface area contributed by atoms with Gasteiger partial charge in [0, 0.05) is 17.0 Å². The molecule has 1 aliphatic rings. The van der Waals surface area contributed by atoms with Gasteiger partial charge in [0.05, 0.1) is 26.0 Å². The molecule has 0 saturated heterocycles. The number of carbonyl (C=O) groups excluding carboxylic acids is 1. The van der Waals surface area contributed by atoms with Gasteiger partial charge < -0.3 is 24.1 Å². The smallest absolute Gasteiger partial charge is 0.279 e. The van der Waals surface area contributed by atoms with Crippen molar-refractivity contribution in [3.8, 4) is 22.4 Å². The average Bonchev–Trinajstić information content (AvgIpc) is 3.57. The lowest BCUT2D eigenvalue weighted by Crippen LogP contribution is -2.22. The van der Waals surface area contributed by atoms with E-state index in [9.17, 15) is 17.6 Å². The van der Waals surface area contributed by atoms with E-state index in [1.807, 2.05) is 6.92 Å². The maximum Gasteiger partial charge on any atom is 0.279 e. The lowest BCUT2D eigenvalue weighted by Gasteiger charge is -2.20. The Kier molecular flexibility index (Phi) is 7.63. The zero-order chi connectivity index (χ0) is 28.4. The van der Waals surface area contributed by atoms with E-state index in [0.717, 1.165) is 5.56 Å². The van der Waals surface area contributed by atoms with Crippen LogP contribution in [0.2, 0.25) is 0 Å². The zero-order valence-corrected chi connectivity index (χ0v) is 23.2. The number of ether oxygens (including phenoxy) is 3. The molecule has 40 heavy (non-hydrogen) atoms. The summed E-state index contributed by atoms with van der Waals surface area (Å²) in [6.07, 6.45) is 1.95. The fourth-order valence-corrected chi connectivity index (χ4v) is 6.09. The second-order valence-electron chi connectivity index (χ2n) is 8.78. The van der Waals surface area contributed by atoms with Crippen LogP contribution in [-0.2, 0) is 34.2 Å². The molecule has 0 atom stereocenters. The molecule has 1 aliphatic heterocycles. The van der Waals surface area contributed by atoms with E-state index >= 15 is 0 Å². The minimum atomic E-state index is -4.10. The van der Waals surface area contributed by atoms with Crippen molar-refractivity contribution in [2.75, 3.05) is 18.4 Å². The van der Waals surface area contributed by atoms with Crippen LogP contribution in [0.3, 0.4) is 0 Å². The van der Waals surface area contributed by atoms with E-state index in [2.05, 4.69) is 26.8 Å². The molecule has 0 fully saturated rings. The molecule has 2 N–H and O–H groups in total. The number of hydrogen-bond donors (Lipinski definition) is 2. The number of aryl methyl sites for hydroxylation is 1. The first-order chi connectivity index (χ1) is 19.2. The number of rotatable bonds is 10. The Morgan fingerprint density at radius 1 is 1.27 bits per heavy atom. The molecule has 0 radical (unpaired) electrons. The topological polar surface area (TPSA) is 142 Å². The molecule has 0 unspecified atom stereocenters. The molecule has 0 bridgehead atoms. The van der Waals surface area contributed by atoms with E-state index in [1.54, 1.807) is 29.6 Å². The zero-order valence-electron chi connectivity index (χ0n) is 21.6. The molecule has 0 saturated carbocycles. The van der Waals surface area contributed by atoms with Gasteiger partial charge in [-0.15, -0.1) is 0 Å². The largest absolute Gasteiger partial charge is 0.495 e. The number of amides is 1. The van der Waals surface area contributed by atoms with Crippen molar-refractivity contribution in [1.29, 1.82) is 0 Å². The van der Waals surface area contributed by atoms with Crippen molar-refractivity contribution in [3.05, 3.63) is 58.9 Å². The van der Waals surface area contributed by atoms with Crippen LogP contribution in [-0.4, -0.2) is 38.2 Å². The van der Waals surface area contributed by atoms with Crippen LogP contribution >= 0.6 is 11.3 Å². The van der Waals surface area contributed by atoms with Gasteiger partial charge in [0.25, 0.3) is 21.1 Å². The third kappa shape index (κ3) is 5.45. The van der Waals surface area contributed by atoms with Gasteiger partial charge in [-0.2, -0.15) is 0 Å². The van der Waals surface area contributed by atoms with Crippen molar-refractivity contribution in [1.82, 2.24) is 15.5 Å². The number of thiazole rings is 1. The average molecular weight is 589 g/mol. The number of aromatic nitrogens is 2. The second kappa shape index (κ2) is 11.1. The number of fused-ring (bicyclic) bond motifs is 3. The summed E-state index contributed by atoms with van der Waals surface area (Å²) in [5.74, 6) is -1.02. The number of sulfonamides is 1. The van der Waals surface area contributed by atoms with E-state index in [1.165, 1.54) is 18.4 Å². The summed E-state index contributed by atoms with van der Waals surface area (Å²) in [5.41, 5.74) is 2.24. The molecular weight excluding hydrogens is 563 g/mol. The number of hydrogen-bond acceptors (Lipinski definition) is 10. The Hall–Kier alpha value is -4.17. The summed E-state index contributed by atoms with van der Waals surface area (Å²) in [5, 5.41) is 8.66. The molecule has 210 valence electrons. The van der Waals surface area contributed by atoms with Crippen LogP contribution < -0.4 is 24.2 Å². The Labute approximate surface area is 233 Å². The Bertz CT molecular complexity index is 1720. The summed E-state index contributed by atoms with van der Waals surface area (Å²) in [6.45, 7) is 5.29. The van der Waals surface area contributed by atoms with Crippen molar-refractivity contribution in [2.45, 2.75) is 37.6 Å². The second-order valence-corrected chi connectivity index (χ2v) is 11.2. The minimum Gasteiger partial charge on any atom is -0.495 e. The maximum absolute atomic E-state index is 13.4. The molecule has 4 aromatic rings. The number of carbonyl (C=O) groups is 1. The predicted octanol–water partition coefficient (Wildman–Crippen LogP) is 4.87. The highest BCUT2D eigenvalue weighted by Crippen LogP contribution is 2.45. The third-order valence-corrected chi connectivity index (χ3v) is 8.28. The molecule has 14 heteroatoms. The van der Waals surface area contributed by atoms with E-state index in [4.69, 9.17) is 18.7 Å². The fourth-order valence-electron chi connectivity index (χ4n) is 4.18. The van der Waals surface area contributed by atoms with Gasteiger partial charge in [-0.05, 0) is 37.0 Å². The van der Waals surface area contributed by atoms with E-state index < -0.39 is 21.8 Å². The molecule has 11 nitrogen and oxygen atoms in total. The normalized spacial score (nSPS) is 12.9. The summed E-state index contributed by atoms with van der Waals surface area (Å²) in [6, 6.07) is 6.57. The molecule has 1 amide bonds. The first kappa shape index (κ1) is 27.4. The Morgan fingerprint density at radius 2 is 2.10 bits per heavy atom. The Balaban J connectivity index is 1.46. The standard InChI is InChI=1S/C26H25FN4O7S2/c1-4-15-7-8-18(35-3)21(10-15)40(33,34)31-24-22-20(38-30-24)11-19(17-6-5-9-36-23(17)22)37-26-29-16(13-39-26)12-28-25(32)14(2)27/h7-8,10-11,13H,2,4-6,9,12H2,1,3H3,(H,28,32)(H,30,31). The first-order valence-corrected chi connectivity index (χ1v) is 14.6. The van der Waals surface area contributed by atoms with Crippen molar-refractivity contribution in [3.63, 3.8) is 0 Å². The monoisotopic (exact) mass is 588 g/mol. The van der Waals surface area contributed by atoms with Crippen LogP contribution in [0.4, 0.5) is 10.2 Å². The van der Waals surface area contributed by atoms with Gasteiger partial charge in [0.1, 0.15) is 27.5 Å². The quantitative estimate of drug-likeness (QED) is 0.248. The summed E-state index contributed by atoms with van der Waals surface area (Å²) < 4.78 is 65.0.